The summed E-state index contributed by atoms with van der Waals surface area (Å²) >= 11 is 4.61. The summed E-state index contributed by atoms with van der Waals surface area (Å²) in [6, 6.07) is 9.07. The molecule has 0 aliphatic heterocycles. The Hall–Kier alpha value is -2.80. The van der Waals surface area contributed by atoms with Gasteiger partial charge >= 0.3 is 0 Å². The number of nitrogens with one attached hydrogen (secondary N) is 1. The number of aromatic hydroxyl groups is 3. The SMILES string of the molecule is NC(=S)NN=Cc1cc(-c2ccc(O)cc2)c(O)cc1O. The van der Waals surface area contributed by atoms with Crippen molar-refractivity contribution < 1.29 is 15.3 Å². The second-order valence-corrected chi connectivity index (χ2v) is 4.65. The van der Waals surface area contributed by atoms with Gasteiger partial charge in [-0.1, -0.05) is 12.1 Å². The number of thiocarbonyl (C=S) groups is 1. The van der Waals surface area contributed by atoms with Crippen LogP contribution in [0.2, 0.25) is 0 Å². The summed E-state index contributed by atoms with van der Waals surface area (Å²) in [7, 11) is 0. The second-order valence-electron chi connectivity index (χ2n) is 4.21. The van der Waals surface area contributed by atoms with Crippen LogP contribution in [0.4, 0.5) is 0 Å². The predicted octanol–water partition coefficient (Wildman–Crippen LogP) is 1.64. The number of hydrogen-bond acceptors (Lipinski definition) is 5. The van der Waals surface area contributed by atoms with Crippen molar-refractivity contribution in [3.05, 3.63) is 42.0 Å². The van der Waals surface area contributed by atoms with Gasteiger partial charge < -0.3 is 21.1 Å². The van der Waals surface area contributed by atoms with Crippen LogP contribution in [0.1, 0.15) is 5.56 Å². The average Bonchev–Trinajstić information content (AvgIpc) is 2.42. The van der Waals surface area contributed by atoms with Crippen LogP contribution in [0.25, 0.3) is 11.1 Å². The lowest BCUT2D eigenvalue weighted by atomic mass is 10.0. The largest absolute Gasteiger partial charge is 0.508 e. The zero-order chi connectivity index (χ0) is 15.4. The normalized spacial score (nSPS) is 10.7. The molecular formula is C14H13N3O3S. The van der Waals surface area contributed by atoms with E-state index < -0.39 is 0 Å². The summed E-state index contributed by atoms with van der Waals surface area (Å²) in [5.74, 6) is -0.0966. The maximum atomic E-state index is 9.93. The zero-order valence-electron chi connectivity index (χ0n) is 10.8. The molecule has 0 unspecified atom stereocenters. The van der Waals surface area contributed by atoms with Gasteiger partial charge in [0.15, 0.2) is 5.11 Å². The molecule has 2 rings (SSSR count). The van der Waals surface area contributed by atoms with E-state index in [1.165, 1.54) is 24.4 Å². The number of phenols is 3. The molecule has 0 bridgehead atoms. The molecule has 0 aromatic heterocycles. The van der Waals surface area contributed by atoms with Crippen molar-refractivity contribution in [2.24, 2.45) is 10.8 Å². The van der Waals surface area contributed by atoms with E-state index in [2.05, 4.69) is 22.7 Å². The lowest BCUT2D eigenvalue weighted by molar-refractivity contribution is 0.451. The van der Waals surface area contributed by atoms with Gasteiger partial charge in [-0.2, -0.15) is 5.10 Å². The van der Waals surface area contributed by atoms with Gasteiger partial charge in [-0.05, 0) is 36.0 Å². The first-order chi connectivity index (χ1) is 9.97. The number of nitrogens with two attached hydrogens (primary N) is 1. The van der Waals surface area contributed by atoms with Crippen molar-refractivity contribution in [2.75, 3.05) is 0 Å². The predicted molar refractivity (Wildman–Crippen MR) is 84.4 cm³/mol. The smallest absolute Gasteiger partial charge is 0.184 e. The van der Waals surface area contributed by atoms with E-state index in [0.29, 0.717) is 16.7 Å². The van der Waals surface area contributed by atoms with Gasteiger partial charge in [0.25, 0.3) is 0 Å². The summed E-state index contributed by atoms with van der Waals surface area (Å²) in [5, 5.41) is 32.8. The highest BCUT2D eigenvalue weighted by Gasteiger charge is 2.09. The second kappa shape index (κ2) is 6.10. The van der Waals surface area contributed by atoms with Crippen molar-refractivity contribution in [1.82, 2.24) is 5.43 Å². The summed E-state index contributed by atoms with van der Waals surface area (Å²) < 4.78 is 0. The molecule has 7 heteroatoms. The van der Waals surface area contributed by atoms with Gasteiger partial charge in [0.05, 0.1) is 6.21 Å². The van der Waals surface area contributed by atoms with Gasteiger partial charge in [-0.15, -0.1) is 0 Å². The topological polar surface area (TPSA) is 111 Å². The summed E-state index contributed by atoms with van der Waals surface area (Å²) in [6.07, 6.45) is 1.33. The molecule has 0 spiro atoms. The highest BCUT2D eigenvalue weighted by atomic mass is 32.1. The molecule has 0 fully saturated rings. The van der Waals surface area contributed by atoms with Gasteiger partial charge in [-0.3, -0.25) is 5.43 Å². The van der Waals surface area contributed by atoms with E-state index in [1.54, 1.807) is 18.2 Å². The van der Waals surface area contributed by atoms with Gasteiger partial charge in [-0.25, -0.2) is 0 Å². The molecule has 0 saturated heterocycles. The number of benzene rings is 2. The molecule has 21 heavy (non-hydrogen) atoms. The van der Waals surface area contributed by atoms with E-state index in [4.69, 9.17) is 5.73 Å². The van der Waals surface area contributed by atoms with Crippen LogP contribution in [0.3, 0.4) is 0 Å². The lowest BCUT2D eigenvalue weighted by Gasteiger charge is -2.08. The van der Waals surface area contributed by atoms with Crippen LogP contribution in [0.5, 0.6) is 17.2 Å². The highest BCUT2D eigenvalue weighted by Crippen LogP contribution is 2.34. The quantitative estimate of drug-likeness (QED) is 0.335. The number of hydrazone groups is 1. The van der Waals surface area contributed by atoms with Crippen molar-refractivity contribution in [1.29, 1.82) is 0 Å². The fourth-order valence-corrected chi connectivity index (χ4v) is 1.79. The standard InChI is InChI=1S/C14H13N3O3S/c15-14(21)17-16-7-9-5-11(13(20)6-12(9)19)8-1-3-10(18)4-2-8/h1-7,18-20H,(H3,15,17,21). The first kappa shape index (κ1) is 14.6. The Bertz CT molecular complexity index is 699. The fourth-order valence-electron chi connectivity index (χ4n) is 1.74. The molecule has 6 N–H and O–H groups in total. The number of rotatable bonds is 3. The van der Waals surface area contributed by atoms with Crippen molar-refractivity contribution in [3.8, 4) is 28.4 Å². The van der Waals surface area contributed by atoms with E-state index in [9.17, 15) is 15.3 Å². The van der Waals surface area contributed by atoms with E-state index in [1.807, 2.05) is 0 Å². The maximum absolute atomic E-state index is 9.93. The molecule has 6 nitrogen and oxygen atoms in total. The third kappa shape index (κ3) is 3.61. The molecule has 0 aliphatic carbocycles. The van der Waals surface area contributed by atoms with Crippen LogP contribution in [0, 0.1) is 0 Å². The number of phenolic OH excluding ortho intramolecular Hbond substituents is 3. The van der Waals surface area contributed by atoms with Gasteiger partial charge in [0, 0.05) is 17.2 Å². The zero-order valence-corrected chi connectivity index (χ0v) is 11.6. The Morgan fingerprint density at radius 1 is 1.10 bits per heavy atom. The Morgan fingerprint density at radius 2 is 1.76 bits per heavy atom. The van der Waals surface area contributed by atoms with Gasteiger partial charge in [0.1, 0.15) is 17.2 Å². The highest BCUT2D eigenvalue weighted by molar-refractivity contribution is 7.80. The Balaban J connectivity index is 2.40. The van der Waals surface area contributed by atoms with E-state index in [-0.39, 0.29) is 22.4 Å². The third-order valence-electron chi connectivity index (χ3n) is 2.70. The first-order valence-electron chi connectivity index (χ1n) is 5.91. The molecule has 0 amide bonds. The number of hydrogen-bond donors (Lipinski definition) is 5. The molecule has 0 saturated carbocycles. The minimum absolute atomic E-state index is 0.00303. The Labute approximate surface area is 126 Å². The molecule has 108 valence electrons. The van der Waals surface area contributed by atoms with Gasteiger partial charge in [0.2, 0.25) is 0 Å². The molecule has 0 atom stereocenters. The number of nitrogens with zero attached hydrogens (tertiary/aromatic N) is 1. The molecule has 0 radical (unpaired) electrons. The average molecular weight is 303 g/mol. The Morgan fingerprint density at radius 3 is 2.38 bits per heavy atom. The molecule has 2 aromatic carbocycles. The van der Waals surface area contributed by atoms with Crippen LogP contribution >= 0.6 is 12.2 Å². The Kier molecular flexibility index (Phi) is 4.24. The summed E-state index contributed by atoms with van der Waals surface area (Å²) in [5.41, 5.74) is 9.16. The van der Waals surface area contributed by atoms with E-state index in [0.717, 1.165) is 0 Å². The molecule has 2 aromatic rings. The van der Waals surface area contributed by atoms with Crippen molar-refractivity contribution in [3.63, 3.8) is 0 Å². The minimum Gasteiger partial charge on any atom is -0.508 e. The maximum Gasteiger partial charge on any atom is 0.184 e. The van der Waals surface area contributed by atoms with Crippen LogP contribution in [-0.4, -0.2) is 26.6 Å². The third-order valence-corrected chi connectivity index (χ3v) is 2.79. The van der Waals surface area contributed by atoms with Crippen molar-refractivity contribution in [2.45, 2.75) is 0 Å². The van der Waals surface area contributed by atoms with Crippen molar-refractivity contribution >= 4 is 23.5 Å². The molecule has 0 aliphatic rings. The summed E-state index contributed by atoms with van der Waals surface area (Å²) in [6.45, 7) is 0. The molecular weight excluding hydrogens is 290 g/mol. The first-order valence-corrected chi connectivity index (χ1v) is 6.32. The van der Waals surface area contributed by atoms with Crippen LogP contribution in [0.15, 0.2) is 41.5 Å². The lowest BCUT2D eigenvalue weighted by Crippen LogP contribution is -2.23. The fraction of sp³-hybridized carbons (Fsp3) is 0. The monoisotopic (exact) mass is 303 g/mol. The molecule has 0 heterocycles. The van der Waals surface area contributed by atoms with E-state index >= 15 is 0 Å². The van der Waals surface area contributed by atoms with Crippen LogP contribution < -0.4 is 11.2 Å². The minimum atomic E-state index is -0.136. The van der Waals surface area contributed by atoms with Crippen LogP contribution in [-0.2, 0) is 0 Å². The summed E-state index contributed by atoms with van der Waals surface area (Å²) in [4.78, 5) is 0.